The average Bonchev–Trinajstić information content (AvgIpc) is 2.92. The number of rotatable bonds is 12. The van der Waals surface area contributed by atoms with Crippen LogP contribution in [0.4, 0.5) is 5.69 Å². The van der Waals surface area contributed by atoms with Crippen LogP contribution in [-0.2, 0) is 26.2 Å². The van der Waals surface area contributed by atoms with Crippen LogP contribution in [0.3, 0.4) is 0 Å². The number of carbonyl (C=O) groups is 2. The predicted octanol–water partition coefficient (Wildman–Crippen LogP) is 5.53. The van der Waals surface area contributed by atoms with E-state index in [0.717, 1.165) is 4.31 Å². The molecule has 40 heavy (non-hydrogen) atoms. The Labute approximate surface area is 245 Å². The normalized spacial score (nSPS) is 12.1. The van der Waals surface area contributed by atoms with E-state index in [1.807, 2.05) is 20.8 Å². The van der Waals surface area contributed by atoms with E-state index in [-0.39, 0.29) is 29.1 Å². The van der Waals surface area contributed by atoms with Crippen LogP contribution in [0.25, 0.3) is 0 Å². The molecule has 0 heterocycles. The molecule has 2 amide bonds. The number of sulfonamides is 1. The molecule has 214 valence electrons. The lowest BCUT2D eigenvalue weighted by molar-refractivity contribution is -0.139. The van der Waals surface area contributed by atoms with Gasteiger partial charge in [0.05, 0.1) is 27.2 Å². The summed E-state index contributed by atoms with van der Waals surface area (Å²) < 4.78 is 34.1. The molecule has 0 spiro atoms. The van der Waals surface area contributed by atoms with Gasteiger partial charge in [0.2, 0.25) is 11.8 Å². The van der Waals surface area contributed by atoms with Gasteiger partial charge in [0.25, 0.3) is 10.0 Å². The van der Waals surface area contributed by atoms with Gasteiger partial charge in [0, 0.05) is 12.6 Å². The molecule has 3 aromatic carbocycles. The van der Waals surface area contributed by atoms with Gasteiger partial charge in [0.15, 0.2) is 0 Å². The maximum atomic E-state index is 13.9. The molecule has 0 fully saturated rings. The van der Waals surface area contributed by atoms with Crippen LogP contribution in [-0.4, -0.2) is 50.4 Å². The molecule has 0 saturated heterocycles. The molecule has 3 rings (SSSR count). The first-order valence-corrected chi connectivity index (χ1v) is 15.0. The standard InChI is InChI=1S/C29H33Cl2N3O5S/c1-5-39-24-14-12-23(13-15-24)34(40(37,38)25-9-7-6-8-10-25)19-28(35)33(21(4)29(36)32-20(2)3)18-22-11-16-26(30)27(31)17-22/h6-17,20-21H,5,18-19H2,1-4H3,(H,32,36). The molecule has 0 aromatic heterocycles. The molecule has 0 aliphatic rings. The van der Waals surface area contributed by atoms with E-state index in [2.05, 4.69) is 5.32 Å². The Bertz CT molecular complexity index is 1420. The van der Waals surface area contributed by atoms with Crippen LogP contribution in [0.1, 0.15) is 33.3 Å². The van der Waals surface area contributed by atoms with Crippen molar-refractivity contribution in [3.8, 4) is 5.75 Å². The second-order valence-electron chi connectivity index (χ2n) is 9.36. The summed E-state index contributed by atoms with van der Waals surface area (Å²) >= 11 is 12.3. The molecule has 0 radical (unpaired) electrons. The Balaban J connectivity index is 2.03. The minimum atomic E-state index is -4.15. The number of halogens is 2. The molecule has 11 heteroatoms. The van der Waals surface area contributed by atoms with Gasteiger partial charge < -0.3 is 15.0 Å². The molecular formula is C29H33Cl2N3O5S. The molecule has 1 unspecified atom stereocenters. The lowest BCUT2D eigenvalue weighted by Gasteiger charge is -2.32. The molecule has 0 aliphatic carbocycles. The highest BCUT2D eigenvalue weighted by molar-refractivity contribution is 7.92. The number of carbonyl (C=O) groups excluding carboxylic acids is 2. The van der Waals surface area contributed by atoms with Crippen molar-refractivity contribution in [2.75, 3.05) is 17.5 Å². The molecular weight excluding hydrogens is 573 g/mol. The van der Waals surface area contributed by atoms with Gasteiger partial charge in [-0.05, 0) is 81.8 Å². The number of nitrogens with zero attached hydrogens (tertiary/aromatic N) is 2. The van der Waals surface area contributed by atoms with Crippen molar-refractivity contribution in [3.63, 3.8) is 0 Å². The van der Waals surface area contributed by atoms with E-state index in [9.17, 15) is 18.0 Å². The average molecular weight is 607 g/mol. The van der Waals surface area contributed by atoms with Crippen LogP contribution in [0.2, 0.25) is 10.0 Å². The van der Waals surface area contributed by atoms with Crippen molar-refractivity contribution in [2.24, 2.45) is 0 Å². The van der Waals surface area contributed by atoms with Crippen molar-refractivity contribution in [3.05, 3.63) is 88.4 Å². The monoisotopic (exact) mass is 605 g/mol. The largest absolute Gasteiger partial charge is 0.494 e. The Morgan fingerprint density at radius 2 is 1.57 bits per heavy atom. The van der Waals surface area contributed by atoms with Gasteiger partial charge in [-0.1, -0.05) is 47.5 Å². The van der Waals surface area contributed by atoms with Gasteiger partial charge in [-0.15, -0.1) is 0 Å². The Hall–Kier alpha value is -3.27. The first-order chi connectivity index (χ1) is 18.9. The van der Waals surface area contributed by atoms with E-state index < -0.39 is 28.5 Å². The van der Waals surface area contributed by atoms with E-state index in [1.165, 1.54) is 17.0 Å². The zero-order valence-electron chi connectivity index (χ0n) is 22.8. The van der Waals surface area contributed by atoms with E-state index in [1.54, 1.807) is 67.6 Å². The van der Waals surface area contributed by atoms with E-state index in [4.69, 9.17) is 27.9 Å². The minimum absolute atomic E-state index is 0.00487. The second-order valence-corrected chi connectivity index (χ2v) is 12.0. The lowest BCUT2D eigenvalue weighted by atomic mass is 10.1. The van der Waals surface area contributed by atoms with Crippen molar-refractivity contribution in [1.29, 1.82) is 0 Å². The molecule has 1 N–H and O–H groups in total. The van der Waals surface area contributed by atoms with Crippen LogP contribution >= 0.6 is 23.2 Å². The van der Waals surface area contributed by atoms with E-state index >= 15 is 0 Å². The Kier molecular flexibility index (Phi) is 10.8. The van der Waals surface area contributed by atoms with Gasteiger partial charge >= 0.3 is 0 Å². The third kappa shape index (κ3) is 7.90. The van der Waals surface area contributed by atoms with Crippen molar-refractivity contribution < 1.29 is 22.7 Å². The van der Waals surface area contributed by atoms with Crippen molar-refractivity contribution in [1.82, 2.24) is 10.2 Å². The number of hydrogen-bond acceptors (Lipinski definition) is 5. The third-order valence-electron chi connectivity index (χ3n) is 5.98. The summed E-state index contributed by atoms with van der Waals surface area (Å²) in [5.74, 6) is -0.386. The smallest absolute Gasteiger partial charge is 0.264 e. The fourth-order valence-corrected chi connectivity index (χ4v) is 5.70. The summed E-state index contributed by atoms with van der Waals surface area (Å²) in [4.78, 5) is 28.3. The number of ether oxygens (including phenoxy) is 1. The van der Waals surface area contributed by atoms with Crippen LogP contribution in [0.15, 0.2) is 77.7 Å². The van der Waals surface area contributed by atoms with Crippen LogP contribution < -0.4 is 14.4 Å². The summed E-state index contributed by atoms with van der Waals surface area (Å²) in [6, 6.07) is 18.2. The Morgan fingerprint density at radius 1 is 0.925 bits per heavy atom. The summed E-state index contributed by atoms with van der Waals surface area (Å²) in [5.41, 5.74) is 0.903. The van der Waals surface area contributed by atoms with Crippen molar-refractivity contribution in [2.45, 2.75) is 51.2 Å². The maximum Gasteiger partial charge on any atom is 0.264 e. The number of anilines is 1. The second kappa shape index (κ2) is 13.9. The highest BCUT2D eigenvalue weighted by atomic mass is 35.5. The minimum Gasteiger partial charge on any atom is -0.494 e. The Morgan fingerprint density at radius 3 is 2.15 bits per heavy atom. The van der Waals surface area contributed by atoms with Crippen LogP contribution in [0.5, 0.6) is 5.75 Å². The quantitative estimate of drug-likeness (QED) is 0.293. The number of hydrogen-bond donors (Lipinski definition) is 1. The maximum absolute atomic E-state index is 13.9. The first-order valence-electron chi connectivity index (χ1n) is 12.8. The van der Waals surface area contributed by atoms with E-state index in [0.29, 0.717) is 28.0 Å². The predicted molar refractivity (Wildman–Crippen MR) is 158 cm³/mol. The highest BCUT2D eigenvalue weighted by Crippen LogP contribution is 2.27. The number of amides is 2. The van der Waals surface area contributed by atoms with Gasteiger partial charge in [-0.2, -0.15) is 0 Å². The molecule has 0 bridgehead atoms. The fraction of sp³-hybridized carbons (Fsp3) is 0.310. The molecule has 8 nitrogen and oxygen atoms in total. The molecule has 3 aromatic rings. The number of nitrogens with one attached hydrogen (secondary N) is 1. The first kappa shape index (κ1) is 31.3. The van der Waals surface area contributed by atoms with Crippen molar-refractivity contribution >= 4 is 50.7 Å². The van der Waals surface area contributed by atoms with Gasteiger partial charge in [-0.25, -0.2) is 8.42 Å². The topological polar surface area (TPSA) is 96.0 Å². The highest BCUT2D eigenvalue weighted by Gasteiger charge is 2.32. The summed E-state index contributed by atoms with van der Waals surface area (Å²) in [7, 11) is -4.15. The molecule has 0 saturated carbocycles. The fourth-order valence-electron chi connectivity index (χ4n) is 3.95. The molecule has 0 aliphatic heterocycles. The number of benzene rings is 3. The van der Waals surface area contributed by atoms with Gasteiger partial charge in [0.1, 0.15) is 18.3 Å². The zero-order chi connectivity index (χ0) is 29.4. The third-order valence-corrected chi connectivity index (χ3v) is 8.51. The molecule has 1 atom stereocenters. The summed E-state index contributed by atoms with van der Waals surface area (Å²) in [6.07, 6.45) is 0. The summed E-state index contributed by atoms with van der Waals surface area (Å²) in [6.45, 7) is 6.98. The van der Waals surface area contributed by atoms with Crippen LogP contribution in [0, 0.1) is 0 Å². The summed E-state index contributed by atoms with van der Waals surface area (Å²) in [5, 5.41) is 3.47. The zero-order valence-corrected chi connectivity index (χ0v) is 25.1. The SMILES string of the molecule is CCOc1ccc(N(CC(=O)N(Cc2ccc(Cl)c(Cl)c2)C(C)C(=O)NC(C)C)S(=O)(=O)c2ccccc2)cc1. The van der Waals surface area contributed by atoms with Gasteiger partial charge in [-0.3, -0.25) is 13.9 Å². The lowest BCUT2D eigenvalue weighted by Crippen LogP contribution is -2.52.